The number of fused-ring (bicyclic) bond motifs is 1. The molecule has 3 rings (SSSR count). The number of esters is 1. The summed E-state index contributed by atoms with van der Waals surface area (Å²) in [7, 11) is 0. The van der Waals surface area contributed by atoms with E-state index >= 15 is 0 Å². The van der Waals surface area contributed by atoms with Crippen LogP contribution < -0.4 is 40.0 Å². The number of aryl methyl sites for hydroxylation is 1. The average Bonchev–Trinajstić information content (AvgIpc) is 3.17. The number of rotatable bonds is 6. The minimum absolute atomic E-state index is 0. The molecule has 0 bridgehead atoms. The van der Waals surface area contributed by atoms with Crippen molar-refractivity contribution in [2.75, 3.05) is 12.4 Å². The molecular formula is C17H19N2NaO6S2. The minimum Gasteiger partial charge on any atom is -0.543 e. The third-order valence-electron chi connectivity index (χ3n) is 3.87. The van der Waals surface area contributed by atoms with E-state index in [0.29, 0.717) is 12.0 Å². The molecule has 0 aromatic carbocycles. The number of nitrogens with one attached hydrogen (secondary N) is 1. The number of β-lactam (4-membered cyclic amide) rings is 1. The topological polar surface area (TPSA) is 116 Å². The summed E-state index contributed by atoms with van der Waals surface area (Å²) >= 11 is 3.11. The van der Waals surface area contributed by atoms with Crippen molar-refractivity contribution in [1.29, 1.82) is 0 Å². The Hall–Kier alpha value is -1.33. The Morgan fingerprint density at radius 1 is 1.46 bits per heavy atom. The van der Waals surface area contributed by atoms with Crippen LogP contribution in [-0.4, -0.2) is 52.9 Å². The number of aliphatic carboxylic acids is 1. The molecule has 1 N–H and O–H groups in total. The van der Waals surface area contributed by atoms with Crippen molar-refractivity contribution in [1.82, 2.24) is 10.2 Å². The predicted molar refractivity (Wildman–Crippen MR) is 98.4 cm³/mol. The van der Waals surface area contributed by atoms with Gasteiger partial charge in [0.2, 0.25) is 6.41 Å². The van der Waals surface area contributed by atoms with Gasteiger partial charge in [0.15, 0.2) is 0 Å². The van der Waals surface area contributed by atoms with Crippen LogP contribution in [0.2, 0.25) is 0 Å². The van der Waals surface area contributed by atoms with Crippen molar-refractivity contribution in [2.45, 2.75) is 31.7 Å². The van der Waals surface area contributed by atoms with Gasteiger partial charge in [-0.15, -0.1) is 23.1 Å². The van der Waals surface area contributed by atoms with Gasteiger partial charge in [0.05, 0.1) is 11.7 Å². The van der Waals surface area contributed by atoms with Crippen LogP contribution in [0.5, 0.6) is 0 Å². The van der Waals surface area contributed by atoms with Crippen molar-refractivity contribution in [3.05, 3.63) is 33.7 Å². The number of carboxylic acid groups (broad SMARTS) is 1. The Labute approximate surface area is 193 Å². The maximum atomic E-state index is 11.8. The van der Waals surface area contributed by atoms with Crippen molar-refractivity contribution >= 4 is 47.4 Å². The second-order valence-electron chi connectivity index (χ2n) is 5.62. The van der Waals surface area contributed by atoms with Gasteiger partial charge in [-0.25, -0.2) is 0 Å². The molecule has 2 aliphatic heterocycles. The fraction of sp³-hybridized carbons (Fsp3) is 0.412. The number of thioether (sulfide) groups is 1. The molecule has 0 aliphatic carbocycles. The smallest absolute Gasteiger partial charge is 0.543 e. The van der Waals surface area contributed by atoms with E-state index in [-0.39, 0.29) is 47.6 Å². The molecule has 1 fully saturated rings. The summed E-state index contributed by atoms with van der Waals surface area (Å²) in [6, 6.07) is 3.51. The SMILES string of the molecule is CC(=O)OCC1=C(C(=O)[O-])N2C(=O)C(NC=O)C2SC1.CCc1cccs1.[Na+]. The number of nitrogens with zero attached hydrogens (tertiary/aromatic N) is 1. The van der Waals surface area contributed by atoms with Crippen LogP contribution in [0.25, 0.3) is 0 Å². The first-order chi connectivity index (χ1) is 12.9. The molecule has 1 aromatic rings. The van der Waals surface area contributed by atoms with E-state index in [1.807, 2.05) is 11.3 Å². The molecule has 2 unspecified atom stereocenters. The largest absolute Gasteiger partial charge is 1.00 e. The van der Waals surface area contributed by atoms with Crippen LogP contribution in [0.4, 0.5) is 0 Å². The second kappa shape index (κ2) is 11.6. The summed E-state index contributed by atoms with van der Waals surface area (Å²) in [5.74, 6) is -2.29. The van der Waals surface area contributed by atoms with Gasteiger partial charge in [-0.2, -0.15) is 0 Å². The molecule has 11 heteroatoms. The summed E-state index contributed by atoms with van der Waals surface area (Å²) in [6.07, 6.45) is 1.58. The number of carbonyl (C=O) groups is 4. The van der Waals surface area contributed by atoms with Gasteiger partial charge >= 0.3 is 35.5 Å². The predicted octanol–water partition coefficient (Wildman–Crippen LogP) is -3.10. The number of hydrogen-bond acceptors (Lipinski definition) is 8. The zero-order valence-electron chi connectivity index (χ0n) is 15.8. The van der Waals surface area contributed by atoms with Crippen LogP contribution >= 0.6 is 23.1 Å². The average molecular weight is 434 g/mol. The molecule has 3 heterocycles. The maximum Gasteiger partial charge on any atom is 1.00 e. The molecule has 0 saturated carbocycles. The maximum absolute atomic E-state index is 11.8. The molecule has 2 atom stereocenters. The molecule has 1 saturated heterocycles. The Kier molecular flexibility index (Phi) is 10.3. The Morgan fingerprint density at radius 2 is 2.18 bits per heavy atom. The van der Waals surface area contributed by atoms with Crippen LogP contribution in [-0.2, 0) is 30.3 Å². The van der Waals surface area contributed by atoms with E-state index in [1.165, 1.54) is 30.0 Å². The number of hydrogen-bond donors (Lipinski definition) is 1. The van der Waals surface area contributed by atoms with E-state index in [1.54, 1.807) is 0 Å². The van der Waals surface area contributed by atoms with Gasteiger partial charge in [0, 0.05) is 23.1 Å². The van der Waals surface area contributed by atoms with Gasteiger partial charge in [0.1, 0.15) is 18.0 Å². The first-order valence-electron chi connectivity index (χ1n) is 8.14. The van der Waals surface area contributed by atoms with Crippen molar-refractivity contribution in [2.24, 2.45) is 0 Å². The van der Waals surface area contributed by atoms with Crippen molar-refractivity contribution in [3.8, 4) is 0 Å². The van der Waals surface area contributed by atoms with E-state index < -0.39 is 29.3 Å². The van der Waals surface area contributed by atoms with Crippen molar-refractivity contribution < 1.29 is 58.6 Å². The second-order valence-corrected chi connectivity index (χ2v) is 7.76. The van der Waals surface area contributed by atoms with Gasteiger partial charge in [-0.1, -0.05) is 13.0 Å². The van der Waals surface area contributed by atoms with E-state index in [4.69, 9.17) is 4.74 Å². The van der Waals surface area contributed by atoms with Gasteiger partial charge in [0.25, 0.3) is 5.91 Å². The fourth-order valence-corrected chi connectivity index (χ4v) is 4.57. The summed E-state index contributed by atoms with van der Waals surface area (Å²) < 4.78 is 4.77. The minimum atomic E-state index is -1.50. The first-order valence-corrected chi connectivity index (χ1v) is 10.1. The molecule has 0 radical (unpaired) electrons. The van der Waals surface area contributed by atoms with E-state index in [9.17, 15) is 24.3 Å². The number of amides is 2. The van der Waals surface area contributed by atoms with Crippen molar-refractivity contribution in [3.63, 3.8) is 0 Å². The number of carbonyl (C=O) groups excluding carboxylic acids is 4. The first kappa shape index (κ1) is 24.7. The summed E-state index contributed by atoms with van der Waals surface area (Å²) in [5.41, 5.74) is 0.0308. The van der Waals surface area contributed by atoms with Crippen LogP contribution in [0.1, 0.15) is 18.7 Å². The third-order valence-corrected chi connectivity index (χ3v) is 6.23. The Morgan fingerprint density at radius 3 is 2.64 bits per heavy atom. The summed E-state index contributed by atoms with van der Waals surface area (Å²) in [6.45, 7) is 3.18. The van der Waals surface area contributed by atoms with Crippen LogP contribution in [0.3, 0.4) is 0 Å². The van der Waals surface area contributed by atoms with Gasteiger partial charge in [-0.3, -0.25) is 19.3 Å². The van der Waals surface area contributed by atoms with E-state index in [2.05, 4.69) is 29.8 Å². The number of carboxylic acids is 1. The van der Waals surface area contributed by atoms with E-state index in [0.717, 1.165) is 4.90 Å². The zero-order valence-corrected chi connectivity index (χ0v) is 19.4. The Bertz CT molecular complexity index is 753. The molecule has 2 aliphatic rings. The third kappa shape index (κ3) is 5.84. The quantitative estimate of drug-likeness (QED) is 0.218. The van der Waals surface area contributed by atoms with Gasteiger partial charge < -0.3 is 20.0 Å². The Balaban J connectivity index is 0.000000414. The van der Waals surface area contributed by atoms with Gasteiger partial charge in [-0.05, 0) is 17.9 Å². The molecule has 1 aromatic heterocycles. The molecule has 146 valence electrons. The summed E-state index contributed by atoms with van der Waals surface area (Å²) in [5, 5.41) is 15.2. The fourth-order valence-electron chi connectivity index (χ4n) is 2.58. The summed E-state index contributed by atoms with van der Waals surface area (Å²) in [4.78, 5) is 46.8. The molecule has 8 nitrogen and oxygen atoms in total. The monoisotopic (exact) mass is 434 g/mol. The zero-order chi connectivity index (χ0) is 20.0. The number of ether oxygens (including phenoxy) is 1. The number of thiophene rings is 1. The van der Waals surface area contributed by atoms with Crippen LogP contribution in [0.15, 0.2) is 28.8 Å². The molecular weight excluding hydrogens is 415 g/mol. The molecule has 0 spiro atoms. The normalized spacial score (nSPS) is 19.9. The molecule has 2 amide bonds. The van der Waals surface area contributed by atoms with Crippen LogP contribution in [0, 0.1) is 0 Å². The molecule has 28 heavy (non-hydrogen) atoms. The standard InChI is InChI=1S/C11H12N2O6S.C6H8S.Na/c1-5(15)19-2-6-3-20-10-7(12-4-14)9(16)13(10)8(6)11(17)18;1-2-6-4-3-5-7-6;/h4,7,10H,2-3H2,1H3,(H,12,14)(H,17,18);3-5H,2H2,1H3;/q;;+1/p-1.